The molecule has 1 aromatic carbocycles. The quantitative estimate of drug-likeness (QED) is 0.576. The number of benzene rings is 1. The van der Waals surface area contributed by atoms with Crippen LogP contribution in [0.3, 0.4) is 0 Å². The molecule has 7 nitrogen and oxygen atoms in total. The van der Waals surface area contributed by atoms with Crippen LogP contribution in [0.5, 0.6) is 0 Å². The second-order valence-electron chi connectivity index (χ2n) is 5.34. The van der Waals surface area contributed by atoms with Crippen LogP contribution < -0.4 is 4.90 Å². The predicted molar refractivity (Wildman–Crippen MR) is 93.4 cm³/mol. The van der Waals surface area contributed by atoms with Crippen molar-refractivity contribution in [3.05, 3.63) is 50.6 Å². The third kappa shape index (κ3) is 3.61. The van der Waals surface area contributed by atoms with Gasteiger partial charge in [0, 0.05) is 26.2 Å². The SMILES string of the molecule is O=[N+]([O-])c1cc(F)ccc1N1CCN(S(=O)(=O)c2ccc(Cl)s2)CC1. The number of thiophene rings is 1. The fraction of sp³-hybridized carbons (Fsp3) is 0.286. The van der Waals surface area contributed by atoms with Crippen molar-refractivity contribution in [2.75, 3.05) is 31.1 Å². The Morgan fingerprint density at radius 3 is 2.40 bits per heavy atom. The molecule has 0 saturated carbocycles. The van der Waals surface area contributed by atoms with Gasteiger partial charge >= 0.3 is 0 Å². The Kier molecular flexibility index (Phi) is 4.96. The first kappa shape index (κ1) is 18.1. The molecule has 0 unspecified atom stereocenters. The van der Waals surface area contributed by atoms with Gasteiger partial charge in [-0.3, -0.25) is 10.1 Å². The van der Waals surface area contributed by atoms with Gasteiger partial charge in [-0.2, -0.15) is 4.31 Å². The Morgan fingerprint density at radius 2 is 1.84 bits per heavy atom. The van der Waals surface area contributed by atoms with Gasteiger partial charge in [0.05, 0.1) is 15.3 Å². The molecule has 1 aromatic heterocycles. The Bertz CT molecular complexity index is 911. The molecule has 0 spiro atoms. The summed E-state index contributed by atoms with van der Waals surface area (Å²) in [5.74, 6) is -0.689. The highest BCUT2D eigenvalue weighted by Crippen LogP contribution is 2.32. The lowest BCUT2D eigenvalue weighted by atomic mass is 10.2. The van der Waals surface area contributed by atoms with E-state index in [9.17, 15) is 22.9 Å². The first-order valence-electron chi connectivity index (χ1n) is 7.23. The van der Waals surface area contributed by atoms with Crippen molar-refractivity contribution in [3.8, 4) is 0 Å². The molecular formula is C14H13ClFN3O4S2. The normalized spacial score (nSPS) is 16.2. The number of nitro benzene ring substituents is 1. The number of hydrogen-bond donors (Lipinski definition) is 0. The number of nitrogens with zero attached hydrogens (tertiary/aromatic N) is 3. The number of sulfonamides is 1. The van der Waals surface area contributed by atoms with Crippen LogP contribution in [0.25, 0.3) is 0 Å². The van der Waals surface area contributed by atoms with E-state index in [1.54, 1.807) is 4.90 Å². The van der Waals surface area contributed by atoms with Gasteiger partial charge in [0.25, 0.3) is 15.7 Å². The van der Waals surface area contributed by atoms with E-state index in [2.05, 4.69) is 0 Å². The minimum absolute atomic E-state index is 0.165. The molecule has 0 aliphatic carbocycles. The molecular weight excluding hydrogens is 393 g/mol. The van der Waals surface area contributed by atoms with Crippen molar-refractivity contribution in [1.29, 1.82) is 0 Å². The van der Waals surface area contributed by atoms with Crippen LogP contribution >= 0.6 is 22.9 Å². The molecule has 0 radical (unpaired) electrons. The molecule has 1 aliphatic heterocycles. The van der Waals surface area contributed by atoms with E-state index in [1.807, 2.05) is 0 Å². The zero-order valence-corrected chi connectivity index (χ0v) is 15.2. The second-order valence-corrected chi connectivity index (χ2v) is 9.22. The van der Waals surface area contributed by atoms with Gasteiger partial charge in [-0.25, -0.2) is 12.8 Å². The lowest BCUT2D eigenvalue weighted by molar-refractivity contribution is -0.384. The fourth-order valence-corrected chi connectivity index (χ4v) is 5.70. The summed E-state index contributed by atoms with van der Waals surface area (Å²) in [6.45, 7) is 0.883. The maximum Gasteiger partial charge on any atom is 0.295 e. The van der Waals surface area contributed by atoms with Crippen molar-refractivity contribution in [3.63, 3.8) is 0 Å². The maximum absolute atomic E-state index is 13.3. The van der Waals surface area contributed by atoms with Gasteiger partial charge in [-0.15, -0.1) is 11.3 Å². The van der Waals surface area contributed by atoms with Gasteiger partial charge in [0.1, 0.15) is 15.7 Å². The van der Waals surface area contributed by atoms with Crippen molar-refractivity contribution in [1.82, 2.24) is 4.31 Å². The lowest BCUT2D eigenvalue weighted by Crippen LogP contribution is -2.48. The van der Waals surface area contributed by atoms with Gasteiger partial charge in [0.2, 0.25) is 0 Å². The van der Waals surface area contributed by atoms with E-state index >= 15 is 0 Å². The number of halogens is 2. The van der Waals surface area contributed by atoms with Crippen LogP contribution in [-0.4, -0.2) is 43.8 Å². The molecule has 2 aromatic rings. The highest BCUT2D eigenvalue weighted by Gasteiger charge is 2.31. The van der Waals surface area contributed by atoms with E-state index in [0.29, 0.717) is 4.34 Å². The van der Waals surface area contributed by atoms with Gasteiger partial charge in [-0.05, 0) is 24.3 Å². The maximum atomic E-state index is 13.3. The Balaban J connectivity index is 1.78. The molecule has 0 bridgehead atoms. The second kappa shape index (κ2) is 6.87. The molecule has 25 heavy (non-hydrogen) atoms. The first-order chi connectivity index (χ1) is 11.8. The van der Waals surface area contributed by atoms with Gasteiger partial charge < -0.3 is 4.90 Å². The molecule has 3 rings (SSSR count). The molecule has 11 heteroatoms. The summed E-state index contributed by atoms with van der Waals surface area (Å²) in [6, 6.07) is 6.35. The predicted octanol–water partition coefficient (Wildman–Crippen LogP) is 2.96. The number of anilines is 1. The summed E-state index contributed by atoms with van der Waals surface area (Å²) < 4.78 is 40.3. The van der Waals surface area contributed by atoms with E-state index in [4.69, 9.17) is 11.6 Å². The van der Waals surface area contributed by atoms with E-state index in [-0.39, 0.29) is 41.8 Å². The number of piperazine rings is 1. The Hall–Kier alpha value is -1.75. The number of nitro groups is 1. The minimum Gasteiger partial charge on any atom is -0.363 e. The first-order valence-corrected chi connectivity index (χ1v) is 9.87. The van der Waals surface area contributed by atoms with E-state index < -0.39 is 20.8 Å². The van der Waals surface area contributed by atoms with Crippen molar-refractivity contribution in [2.24, 2.45) is 0 Å². The number of rotatable bonds is 4. The van der Waals surface area contributed by atoms with Gasteiger partial charge in [0.15, 0.2) is 0 Å². The average Bonchev–Trinajstić information content (AvgIpc) is 3.02. The summed E-state index contributed by atoms with van der Waals surface area (Å²) >= 11 is 6.79. The van der Waals surface area contributed by atoms with Crippen molar-refractivity contribution >= 4 is 44.3 Å². The molecule has 2 heterocycles. The van der Waals surface area contributed by atoms with Crippen LogP contribution in [0.1, 0.15) is 0 Å². The van der Waals surface area contributed by atoms with Gasteiger partial charge in [-0.1, -0.05) is 11.6 Å². The van der Waals surface area contributed by atoms with Crippen LogP contribution in [0.4, 0.5) is 15.8 Å². The highest BCUT2D eigenvalue weighted by atomic mass is 35.5. The summed E-state index contributed by atoms with van der Waals surface area (Å²) in [5, 5.41) is 11.1. The Morgan fingerprint density at radius 1 is 1.16 bits per heavy atom. The third-order valence-electron chi connectivity index (χ3n) is 3.86. The molecule has 1 saturated heterocycles. The van der Waals surface area contributed by atoms with Crippen molar-refractivity contribution in [2.45, 2.75) is 4.21 Å². The average molecular weight is 406 g/mol. The molecule has 1 aliphatic rings. The smallest absolute Gasteiger partial charge is 0.295 e. The summed E-state index contributed by atoms with van der Waals surface area (Å²) in [5.41, 5.74) is -0.0519. The minimum atomic E-state index is -3.63. The fourth-order valence-electron chi connectivity index (χ4n) is 2.64. The molecule has 134 valence electrons. The Labute approximate surface area is 152 Å². The van der Waals surface area contributed by atoms with E-state index in [0.717, 1.165) is 23.5 Å². The largest absolute Gasteiger partial charge is 0.363 e. The topological polar surface area (TPSA) is 83.8 Å². The molecule has 0 atom stereocenters. The summed E-state index contributed by atoms with van der Waals surface area (Å²) in [6.07, 6.45) is 0. The standard InChI is InChI=1S/C14H13ClFN3O4S2/c15-13-3-4-14(24-13)25(22,23)18-7-5-17(6-8-18)11-2-1-10(16)9-12(11)19(20)21/h1-4,9H,5-8H2. The lowest BCUT2D eigenvalue weighted by Gasteiger charge is -2.34. The van der Waals surface area contributed by atoms with Crippen LogP contribution in [-0.2, 0) is 10.0 Å². The molecule has 1 fully saturated rings. The third-order valence-corrected chi connectivity index (χ3v) is 7.45. The zero-order chi connectivity index (χ0) is 18.2. The summed E-state index contributed by atoms with van der Waals surface area (Å²) in [4.78, 5) is 12.2. The highest BCUT2D eigenvalue weighted by molar-refractivity contribution is 7.91. The van der Waals surface area contributed by atoms with E-state index in [1.165, 1.54) is 22.5 Å². The van der Waals surface area contributed by atoms with Crippen LogP contribution in [0, 0.1) is 15.9 Å². The molecule has 0 amide bonds. The van der Waals surface area contributed by atoms with Crippen LogP contribution in [0.15, 0.2) is 34.5 Å². The van der Waals surface area contributed by atoms with Crippen molar-refractivity contribution < 1.29 is 17.7 Å². The zero-order valence-electron chi connectivity index (χ0n) is 12.8. The number of hydrogen-bond acceptors (Lipinski definition) is 6. The monoisotopic (exact) mass is 405 g/mol. The molecule has 0 N–H and O–H groups in total. The van der Waals surface area contributed by atoms with Crippen LogP contribution in [0.2, 0.25) is 4.34 Å². The summed E-state index contributed by atoms with van der Waals surface area (Å²) in [7, 11) is -3.63.